The van der Waals surface area contributed by atoms with E-state index in [4.69, 9.17) is 0 Å². The first-order valence-corrected chi connectivity index (χ1v) is 10.2. The number of carbonyl (C=O) groups excluding carboxylic acids is 1. The van der Waals surface area contributed by atoms with E-state index in [0.717, 1.165) is 5.56 Å². The Morgan fingerprint density at radius 3 is 2.69 bits per heavy atom. The van der Waals surface area contributed by atoms with E-state index in [1.165, 1.54) is 20.5 Å². The van der Waals surface area contributed by atoms with Gasteiger partial charge in [0.2, 0.25) is 5.91 Å². The van der Waals surface area contributed by atoms with Crippen molar-refractivity contribution in [1.29, 1.82) is 0 Å². The Bertz CT molecular complexity index is 1350. The summed E-state index contributed by atoms with van der Waals surface area (Å²) in [5.41, 5.74) is 1.29. The number of para-hydroxylation sites is 1. The third-order valence-electron chi connectivity index (χ3n) is 4.78. The van der Waals surface area contributed by atoms with Crippen LogP contribution in [0.5, 0.6) is 0 Å². The van der Waals surface area contributed by atoms with E-state index >= 15 is 0 Å². The third kappa shape index (κ3) is 3.36. The normalized spacial score (nSPS) is 11.2. The zero-order chi connectivity index (χ0) is 20.5. The van der Waals surface area contributed by atoms with Gasteiger partial charge in [0.05, 0.1) is 5.52 Å². The van der Waals surface area contributed by atoms with Crippen molar-refractivity contribution in [3.8, 4) is 0 Å². The lowest BCUT2D eigenvalue weighted by atomic mass is 10.2. The Kier molecular flexibility index (Phi) is 5.02. The molecule has 0 bridgehead atoms. The quantitative estimate of drug-likeness (QED) is 0.550. The predicted octanol–water partition coefficient (Wildman–Crippen LogP) is 3.13. The van der Waals surface area contributed by atoms with E-state index in [1.807, 2.05) is 44.2 Å². The van der Waals surface area contributed by atoms with Crippen LogP contribution >= 0.6 is 11.3 Å². The van der Waals surface area contributed by atoms with Crippen LogP contribution in [0.25, 0.3) is 20.4 Å². The molecule has 0 fully saturated rings. The van der Waals surface area contributed by atoms with Crippen LogP contribution in [-0.4, -0.2) is 20.0 Å². The molecule has 148 valence electrons. The Balaban J connectivity index is 1.88. The van der Waals surface area contributed by atoms with Gasteiger partial charge in [-0.25, -0.2) is 9.78 Å². The van der Waals surface area contributed by atoms with Crippen molar-refractivity contribution in [2.24, 2.45) is 0 Å². The molecule has 4 rings (SSSR count). The highest BCUT2D eigenvalue weighted by Gasteiger charge is 2.20. The monoisotopic (exact) mass is 408 g/mol. The maximum absolute atomic E-state index is 13.1. The number of anilines is 1. The number of amides is 1. The summed E-state index contributed by atoms with van der Waals surface area (Å²) in [6.45, 7) is 3.92. The smallest absolute Gasteiger partial charge is 0.324 e. The van der Waals surface area contributed by atoms with Gasteiger partial charge in [-0.1, -0.05) is 25.1 Å². The van der Waals surface area contributed by atoms with Gasteiger partial charge < -0.3 is 5.32 Å². The summed E-state index contributed by atoms with van der Waals surface area (Å²) in [6, 6.07) is 11.0. The number of nitrogens with one attached hydrogen (secondary N) is 1. The van der Waals surface area contributed by atoms with Crippen molar-refractivity contribution in [1.82, 2.24) is 14.1 Å². The molecule has 4 aromatic rings. The van der Waals surface area contributed by atoms with Gasteiger partial charge >= 0.3 is 5.69 Å². The van der Waals surface area contributed by atoms with Crippen molar-refractivity contribution in [3.63, 3.8) is 0 Å². The van der Waals surface area contributed by atoms with E-state index in [0.29, 0.717) is 39.1 Å². The molecule has 0 spiro atoms. The Morgan fingerprint density at radius 1 is 1.14 bits per heavy atom. The minimum absolute atomic E-state index is 0.186. The molecule has 1 N–H and O–H groups in total. The van der Waals surface area contributed by atoms with E-state index < -0.39 is 5.69 Å². The van der Waals surface area contributed by atoms with E-state index in [1.54, 1.807) is 12.3 Å². The molecule has 3 aromatic heterocycles. The summed E-state index contributed by atoms with van der Waals surface area (Å²) < 4.78 is 3.04. The number of carbonyl (C=O) groups is 1. The van der Waals surface area contributed by atoms with Crippen molar-refractivity contribution in [3.05, 3.63) is 69.0 Å². The molecule has 0 atom stereocenters. The minimum Gasteiger partial charge on any atom is -0.324 e. The molecular weight excluding hydrogens is 388 g/mol. The minimum atomic E-state index is -0.479. The highest BCUT2D eigenvalue weighted by Crippen LogP contribution is 2.29. The Morgan fingerprint density at radius 2 is 1.93 bits per heavy atom. The number of nitrogens with zero attached hydrogens (tertiary/aromatic N) is 3. The molecule has 0 aliphatic heterocycles. The largest absolute Gasteiger partial charge is 0.332 e. The van der Waals surface area contributed by atoms with Gasteiger partial charge in [-0.2, -0.15) is 0 Å². The van der Waals surface area contributed by atoms with Gasteiger partial charge in [0, 0.05) is 23.8 Å². The third-order valence-corrected chi connectivity index (χ3v) is 5.87. The van der Waals surface area contributed by atoms with Gasteiger partial charge in [-0.15, -0.1) is 11.3 Å². The van der Waals surface area contributed by atoms with Crippen LogP contribution in [0.1, 0.15) is 18.9 Å². The standard InChI is InChI=1S/C21H20N4O3S/c1-3-11-24-20(27)18-17(14-8-6-10-22-19(14)29-18)25(21(24)28)12-16(26)23-15-9-5-4-7-13(15)2/h4-10H,3,11-12H2,1-2H3,(H,23,26). The molecule has 8 heteroatoms. The van der Waals surface area contributed by atoms with E-state index in [2.05, 4.69) is 10.3 Å². The number of pyridine rings is 1. The van der Waals surface area contributed by atoms with Gasteiger partial charge in [-0.3, -0.25) is 18.7 Å². The zero-order valence-electron chi connectivity index (χ0n) is 16.1. The van der Waals surface area contributed by atoms with Crippen LogP contribution in [0.2, 0.25) is 0 Å². The number of hydrogen-bond donors (Lipinski definition) is 1. The Hall–Kier alpha value is -3.26. The van der Waals surface area contributed by atoms with E-state index in [-0.39, 0.29) is 18.0 Å². The summed E-state index contributed by atoms with van der Waals surface area (Å²) in [5.74, 6) is -0.326. The fraction of sp³-hybridized carbons (Fsp3) is 0.238. The van der Waals surface area contributed by atoms with Crippen LogP contribution in [0.4, 0.5) is 5.69 Å². The molecular formula is C21H20N4O3S. The molecule has 0 saturated heterocycles. The second kappa shape index (κ2) is 7.63. The average molecular weight is 408 g/mol. The fourth-order valence-corrected chi connectivity index (χ4v) is 4.49. The first kappa shape index (κ1) is 19.1. The van der Waals surface area contributed by atoms with E-state index in [9.17, 15) is 14.4 Å². The molecule has 0 saturated carbocycles. The fourth-order valence-electron chi connectivity index (χ4n) is 3.40. The maximum Gasteiger partial charge on any atom is 0.332 e. The number of fused-ring (bicyclic) bond motifs is 3. The number of hydrogen-bond acceptors (Lipinski definition) is 5. The van der Waals surface area contributed by atoms with Crippen molar-refractivity contribution in [2.45, 2.75) is 33.4 Å². The van der Waals surface area contributed by atoms with Crippen molar-refractivity contribution < 1.29 is 4.79 Å². The van der Waals surface area contributed by atoms with Crippen molar-refractivity contribution in [2.75, 3.05) is 5.32 Å². The summed E-state index contributed by atoms with van der Waals surface area (Å²) in [4.78, 5) is 43.8. The van der Waals surface area contributed by atoms with Crippen molar-refractivity contribution >= 4 is 43.4 Å². The summed E-state index contributed by atoms with van der Waals surface area (Å²) >= 11 is 1.25. The second-order valence-corrected chi connectivity index (χ2v) is 7.82. The first-order chi connectivity index (χ1) is 14.0. The molecule has 0 radical (unpaired) electrons. The van der Waals surface area contributed by atoms with Gasteiger partial charge in [0.25, 0.3) is 5.56 Å². The average Bonchev–Trinajstić information content (AvgIpc) is 3.10. The number of aryl methyl sites for hydroxylation is 1. The van der Waals surface area contributed by atoms with Crippen LogP contribution in [0, 0.1) is 6.92 Å². The Labute approximate surface area is 170 Å². The zero-order valence-corrected chi connectivity index (χ0v) is 17.0. The highest BCUT2D eigenvalue weighted by molar-refractivity contribution is 7.25. The topological polar surface area (TPSA) is 86.0 Å². The van der Waals surface area contributed by atoms with Gasteiger partial charge in [-0.05, 0) is 37.1 Å². The SMILES string of the molecule is CCCn1c(=O)c2sc3ncccc3c2n(CC(=O)Nc2ccccc2C)c1=O. The number of rotatable bonds is 5. The lowest BCUT2D eigenvalue weighted by molar-refractivity contribution is -0.116. The van der Waals surface area contributed by atoms with Gasteiger partial charge in [0.1, 0.15) is 16.1 Å². The molecule has 3 heterocycles. The summed E-state index contributed by atoms with van der Waals surface area (Å²) in [5, 5.41) is 3.56. The molecule has 0 aliphatic rings. The molecule has 1 aromatic carbocycles. The lowest BCUT2D eigenvalue weighted by Crippen LogP contribution is -2.41. The maximum atomic E-state index is 13.1. The highest BCUT2D eigenvalue weighted by atomic mass is 32.1. The van der Waals surface area contributed by atoms with Crippen LogP contribution in [0.3, 0.4) is 0 Å². The number of benzene rings is 1. The second-order valence-electron chi connectivity index (χ2n) is 6.82. The summed E-state index contributed by atoms with van der Waals surface area (Å²) in [7, 11) is 0. The van der Waals surface area contributed by atoms with Crippen LogP contribution in [-0.2, 0) is 17.9 Å². The number of thiophene rings is 1. The predicted molar refractivity (Wildman–Crippen MR) is 116 cm³/mol. The molecule has 7 nitrogen and oxygen atoms in total. The first-order valence-electron chi connectivity index (χ1n) is 9.37. The lowest BCUT2D eigenvalue weighted by Gasteiger charge is -2.13. The van der Waals surface area contributed by atoms with Gasteiger partial charge in [0.15, 0.2) is 0 Å². The molecule has 0 unspecified atom stereocenters. The van der Waals surface area contributed by atoms with Crippen LogP contribution in [0.15, 0.2) is 52.2 Å². The molecule has 0 aliphatic carbocycles. The molecule has 29 heavy (non-hydrogen) atoms. The number of aromatic nitrogens is 3. The molecule has 1 amide bonds. The van der Waals surface area contributed by atoms with Crippen LogP contribution < -0.4 is 16.6 Å². The summed E-state index contributed by atoms with van der Waals surface area (Å²) in [6.07, 6.45) is 2.29.